The molecule has 0 radical (unpaired) electrons. The van der Waals surface area contributed by atoms with Crippen LogP contribution in [-0.2, 0) is 4.79 Å². The van der Waals surface area contributed by atoms with Crippen LogP contribution >= 0.6 is 23.2 Å². The number of nitrogens with zero attached hydrogens (tertiary/aromatic N) is 2. The van der Waals surface area contributed by atoms with Crippen LogP contribution in [0.25, 0.3) is 6.08 Å². The van der Waals surface area contributed by atoms with Crippen molar-refractivity contribution in [1.82, 2.24) is 0 Å². The van der Waals surface area contributed by atoms with Crippen LogP contribution in [0.3, 0.4) is 0 Å². The number of methoxy groups -OCH3 is 2. The van der Waals surface area contributed by atoms with Gasteiger partial charge in [0, 0.05) is 17.7 Å². The zero-order valence-corrected chi connectivity index (χ0v) is 16.2. The number of ether oxygens (including phenoxy) is 2. The van der Waals surface area contributed by atoms with E-state index in [1.807, 2.05) is 0 Å². The minimum absolute atomic E-state index is 0.0438. The van der Waals surface area contributed by atoms with E-state index >= 15 is 0 Å². The maximum Gasteiger partial charge on any atom is 0.272 e. The van der Waals surface area contributed by atoms with Gasteiger partial charge in [-0.2, -0.15) is 5.26 Å². The number of amides is 1. The van der Waals surface area contributed by atoms with Crippen LogP contribution in [0.5, 0.6) is 11.5 Å². The number of nitro benzene ring substituents is 1. The van der Waals surface area contributed by atoms with E-state index in [9.17, 15) is 20.2 Å². The summed E-state index contributed by atoms with van der Waals surface area (Å²) in [4.78, 5) is 22.7. The second kappa shape index (κ2) is 9.08. The highest BCUT2D eigenvalue weighted by atomic mass is 35.5. The Kier molecular flexibility index (Phi) is 6.82. The molecule has 0 unspecified atom stereocenters. The molecule has 2 aromatic rings. The number of nitrogens with one attached hydrogen (secondary N) is 1. The number of non-ortho nitro benzene ring substituents is 1. The van der Waals surface area contributed by atoms with Crippen molar-refractivity contribution in [2.75, 3.05) is 19.5 Å². The first-order valence-corrected chi connectivity index (χ1v) is 8.35. The van der Waals surface area contributed by atoms with Gasteiger partial charge < -0.3 is 14.8 Å². The molecule has 0 saturated heterocycles. The Morgan fingerprint density at radius 2 is 1.89 bits per heavy atom. The summed E-state index contributed by atoms with van der Waals surface area (Å²) < 4.78 is 10.5. The number of benzene rings is 2. The lowest BCUT2D eigenvalue weighted by Gasteiger charge is -2.11. The van der Waals surface area contributed by atoms with Crippen molar-refractivity contribution in [2.45, 2.75) is 0 Å². The molecule has 0 aliphatic rings. The summed E-state index contributed by atoms with van der Waals surface area (Å²) in [5, 5.41) is 22.3. The van der Waals surface area contributed by atoms with Crippen molar-refractivity contribution in [3.8, 4) is 17.6 Å². The Hall–Kier alpha value is -3.28. The van der Waals surface area contributed by atoms with E-state index in [1.54, 1.807) is 24.3 Å². The Balaban J connectivity index is 2.40. The topological polar surface area (TPSA) is 114 Å². The van der Waals surface area contributed by atoms with Gasteiger partial charge in [0.15, 0.2) is 11.5 Å². The summed E-state index contributed by atoms with van der Waals surface area (Å²) in [5.41, 5.74) is -0.200. The van der Waals surface area contributed by atoms with Gasteiger partial charge in [-0.3, -0.25) is 14.9 Å². The van der Waals surface area contributed by atoms with E-state index in [2.05, 4.69) is 5.32 Å². The van der Waals surface area contributed by atoms with Crippen LogP contribution in [0.2, 0.25) is 10.0 Å². The number of rotatable bonds is 6. The maximum absolute atomic E-state index is 12.5. The Bertz CT molecular complexity index is 992. The number of para-hydroxylation sites is 1. The predicted octanol–water partition coefficient (Wildman–Crippen LogP) is 4.46. The Labute approximate surface area is 170 Å². The molecular formula is C18H13Cl2N3O5. The molecule has 0 atom stereocenters. The minimum Gasteiger partial charge on any atom is -0.493 e. The van der Waals surface area contributed by atoms with Crippen LogP contribution in [0.4, 0.5) is 11.4 Å². The molecule has 2 rings (SSSR count). The molecule has 144 valence electrons. The molecular weight excluding hydrogens is 409 g/mol. The SMILES string of the molecule is COc1cccc(/C=C(\C#N)C(=O)Nc2c(Cl)cc([N+](=O)[O-])cc2Cl)c1OC. The number of nitriles is 1. The van der Waals surface area contributed by atoms with E-state index < -0.39 is 10.8 Å². The van der Waals surface area contributed by atoms with Gasteiger partial charge in [-0.15, -0.1) is 0 Å². The third-order valence-electron chi connectivity index (χ3n) is 3.57. The van der Waals surface area contributed by atoms with Gasteiger partial charge >= 0.3 is 0 Å². The van der Waals surface area contributed by atoms with E-state index in [-0.39, 0.29) is 27.0 Å². The molecule has 0 aromatic heterocycles. The van der Waals surface area contributed by atoms with Gasteiger partial charge in [-0.1, -0.05) is 35.3 Å². The van der Waals surface area contributed by atoms with Crippen LogP contribution in [0.15, 0.2) is 35.9 Å². The van der Waals surface area contributed by atoms with Crippen LogP contribution < -0.4 is 14.8 Å². The average Bonchev–Trinajstić information content (AvgIpc) is 2.67. The smallest absolute Gasteiger partial charge is 0.272 e. The highest BCUT2D eigenvalue weighted by molar-refractivity contribution is 6.40. The highest BCUT2D eigenvalue weighted by Gasteiger charge is 2.19. The normalized spacial score (nSPS) is 10.8. The standard InChI is InChI=1S/C18H13Cl2N3O5/c1-27-15-5-3-4-10(17(15)28-2)6-11(9-21)18(24)22-16-13(19)7-12(23(25)26)8-14(16)20/h3-8H,1-2H3,(H,22,24)/b11-6+. The quantitative estimate of drug-likeness (QED) is 0.318. The molecule has 28 heavy (non-hydrogen) atoms. The van der Waals surface area contributed by atoms with Crippen LogP contribution in [0, 0.1) is 21.4 Å². The van der Waals surface area contributed by atoms with Crippen LogP contribution in [0.1, 0.15) is 5.56 Å². The van der Waals surface area contributed by atoms with Gasteiger partial charge in [-0.25, -0.2) is 0 Å². The highest BCUT2D eigenvalue weighted by Crippen LogP contribution is 2.35. The van der Waals surface area contributed by atoms with E-state index in [0.29, 0.717) is 17.1 Å². The molecule has 0 spiro atoms. The fourth-order valence-electron chi connectivity index (χ4n) is 2.30. The van der Waals surface area contributed by atoms with Crippen molar-refractivity contribution >= 4 is 46.6 Å². The summed E-state index contributed by atoms with van der Waals surface area (Å²) in [7, 11) is 2.89. The lowest BCUT2D eigenvalue weighted by atomic mass is 10.1. The molecule has 0 heterocycles. The average molecular weight is 422 g/mol. The van der Waals surface area contributed by atoms with Crippen molar-refractivity contribution in [1.29, 1.82) is 5.26 Å². The molecule has 0 aliphatic carbocycles. The van der Waals surface area contributed by atoms with Crippen molar-refractivity contribution in [3.63, 3.8) is 0 Å². The fourth-order valence-corrected chi connectivity index (χ4v) is 2.87. The lowest BCUT2D eigenvalue weighted by molar-refractivity contribution is -0.384. The number of carbonyl (C=O) groups excluding carboxylic acids is 1. The number of anilines is 1. The Morgan fingerprint density at radius 3 is 2.39 bits per heavy atom. The monoisotopic (exact) mass is 421 g/mol. The second-order valence-corrected chi connectivity index (χ2v) is 6.06. The second-order valence-electron chi connectivity index (χ2n) is 5.25. The third kappa shape index (κ3) is 4.52. The van der Waals surface area contributed by atoms with E-state index in [1.165, 1.54) is 20.3 Å². The van der Waals surface area contributed by atoms with Gasteiger partial charge in [0.1, 0.15) is 11.6 Å². The molecule has 0 bridgehead atoms. The van der Waals surface area contributed by atoms with Crippen molar-refractivity contribution < 1.29 is 19.2 Å². The summed E-state index contributed by atoms with van der Waals surface area (Å²) in [6.07, 6.45) is 1.31. The van der Waals surface area contributed by atoms with E-state index in [4.69, 9.17) is 32.7 Å². The van der Waals surface area contributed by atoms with Gasteiger partial charge in [0.25, 0.3) is 11.6 Å². The third-order valence-corrected chi connectivity index (χ3v) is 4.17. The number of carbonyl (C=O) groups is 1. The fraction of sp³-hybridized carbons (Fsp3) is 0.111. The zero-order chi connectivity index (χ0) is 20.8. The van der Waals surface area contributed by atoms with Gasteiger partial charge in [-0.05, 0) is 12.1 Å². The first-order chi connectivity index (χ1) is 13.3. The molecule has 1 N–H and O–H groups in total. The predicted molar refractivity (Wildman–Crippen MR) is 105 cm³/mol. The number of halogens is 2. The molecule has 8 nitrogen and oxygen atoms in total. The van der Waals surface area contributed by atoms with Crippen molar-refractivity contribution in [2.24, 2.45) is 0 Å². The molecule has 10 heteroatoms. The summed E-state index contributed by atoms with van der Waals surface area (Å²) >= 11 is 12.0. The number of nitro groups is 1. The van der Waals surface area contributed by atoms with Gasteiger partial charge in [0.2, 0.25) is 0 Å². The molecule has 1 amide bonds. The first kappa shape index (κ1) is 21.0. The first-order valence-electron chi connectivity index (χ1n) is 7.60. The minimum atomic E-state index is -0.801. The Morgan fingerprint density at radius 1 is 1.25 bits per heavy atom. The van der Waals surface area contributed by atoms with Gasteiger partial charge in [0.05, 0.1) is 34.9 Å². The maximum atomic E-state index is 12.5. The number of hydrogen-bond acceptors (Lipinski definition) is 6. The summed E-state index contributed by atoms with van der Waals surface area (Å²) in [6, 6.07) is 8.85. The summed E-state index contributed by atoms with van der Waals surface area (Å²) in [6.45, 7) is 0. The molecule has 2 aromatic carbocycles. The summed E-state index contributed by atoms with van der Waals surface area (Å²) in [5.74, 6) is -0.0302. The molecule has 0 saturated carbocycles. The zero-order valence-electron chi connectivity index (χ0n) is 14.7. The molecule has 0 fully saturated rings. The molecule has 0 aliphatic heterocycles. The largest absolute Gasteiger partial charge is 0.493 e. The van der Waals surface area contributed by atoms with Crippen LogP contribution in [-0.4, -0.2) is 25.1 Å². The number of hydrogen-bond donors (Lipinski definition) is 1. The lowest BCUT2D eigenvalue weighted by Crippen LogP contribution is -2.14. The van der Waals surface area contributed by atoms with E-state index in [0.717, 1.165) is 12.1 Å². The van der Waals surface area contributed by atoms with Crippen molar-refractivity contribution in [3.05, 3.63) is 61.6 Å².